The Hall–Kier alpha value is -2.40. The largest absolute Gasteiger partial charge is 0.473 e. The SMILES string of the molecule is N#CCC(=O)c1ccc(OC(C#N)CF)cc1. The van der Waals surface area contributed by atoms with Crippen LogP contribution in [0.2, 0.25) is 0 Å². The van der Waals surface area contributed by atoms with Crippen LogP contribution in [-0.2, 0) is 0 Å². The van der Waals surface area contributed by atoms with E-state index in [0.717, 1.165) is 0 Å². The lowest BCUT2D eigenvalue weighted by atomic mass is 10.1. The Balaban J connectivity index is 2.72. The van der Waals surface area contributed by atoms with Crippen LogP contribution in [0.4, 0.5) is 4.39 Å². The van der Waals surface area contributed by atoms with Gasteiger partial charge in [-0.25, -0.2) is 4.39 Å². The highest BCUT2D eigenvalue weighted by molar-refractivity contribution is 5.97. The smallest absolute Gasteiger partial charge is 0.212 e. The summed E-state index contributed by atoms with van der Waals surface area (Å²) in [5.74, 6) is 0.0177. The quantitative estimate of drug-likeness (QED) is 0.728. The van der Waals surface area contributed by atoms with Crippen LogP contribution in [0.5, 0.6) is 5.75 Å². The molecule has 0 radical (unpaired) electrons. The first-order valence-corrected chi connectivity index (χ1v) is 4.83. The fraction of sp³-hybridized carbons (Fsp3) is 0.250. The molecule has 1 atom stereocenters. The molecule has 0 saturated carbocycles. The molecule has 17 heavy (non-hydrogen) atoms. The highest BCUT2D eigenvalue weighted by Gasteiger charge is 2.09. The van der Waals surface area contributed by atoms with Gasteiger partial charge in [0, 0.05) is 5.56 Å². The lowest BCUT2D eigenvalue weighted by molar-refractivity contribution is 0.0997. The maximum Gasteiger partial charge on any atom is 0.212 e. The molecular weight excluding hydrogens is 223 g/mol. The van der Waals surface area contributed by atoms with E-state index >= 15 is 0 Å². The van der Waals surface area contributed by atoms with Crippen molar-refractivity contribution in [2.45, 2.75) is 12.5 Å². The molecule has 0 N–H and O–H groups in total. The van der Waals surface area contributed by atoms with Crippen molar-refractivity contribution in [3.05, 3.63) is 29.8 Å². The summed E-state index contributed by atoms with van der Waals surface area (Å²) in [6.45, 7) is -0.897. The van der Waals surface area contributed by atoms with Crippen molar-refractivity contribution in [3.63, 3.8) is 0 Å². The highest BCUT2D eigenvalue weighted by Crippen LogP contribution is 2.15. The summed E-state index contributed by atoms with van der Waals surface area (Å²) in [7, 11) is 0. The van der Waals surface area contributed by atoms with E-state index in [1.165, 1.54) is 24.3 Å². The van der Waals surface area contributed by atoms with Gasteiger partial charge in [-0.3, -0.25) is 4.79 Å². The zero-order valence-electron chi connectivity index (χ0n) is 8.89. The zero-order chi connectivity index (χ0) is 12.7. The van der Waals surface area contributed by atoms with Crippen LogP contribution in [0.3, 0.4) is 0 Å². The van der Waals surface area contributed by atoms with Crippen molar-refractivity contribution >= 4 is 5.78 Å². The van der Waals surface area contributed by atoms with Crippen LogP contribution in [0.1, 0.15) is 16.8 Å². The van der Waals surface area contributed by atoms with E-state index in [2.05, 4.69) is 0 Å². The Labute approximate surface area is 97.8 Å². The van der Waals surface area contributed by atoms with Crippen LogP contribution in [0, 0.1) is 22.7 Å². The average Bonchev–Trinajstić information content (AvgIpc) is 2.37. The molecule has 1 aromatic rings. The molecule has 0 amide bonds. The van der Waals surface area contributed by atoms with Gasteiger partial charge in [0.25, 0.3) is 0 Å². The van der Waals surface area contributed by atoms with Crippen LogP contribution >= 0.6 is 0 Å². The van der Waals surface area contributed by atoms with E-state index in [1.807, 2.05) is 0 Å². The minimum absolute atomic E-state index is 0.189. The average molecular weight is 232 g/mol. The molecule has 0 aliphatic heterocycles. The van der Waals surface area contributed by atoms with E-state index in [-0.39, 0.29) is 12.2 Å². The van der Waals surface area contributed by atoms with E-state index < -0.39 is 12.8 Å². The number of halogens is 1. The molecule has 1 aromatic carbocycles. The molecule has 0 saturated heterocycles. The van der Waals surface area contributed by atoms with Gasteiger partial charge in [-0.1, -0.05) is 0 Å². The Morgan fingerprint density at radius 1 is 1.35 bits per heavy atom. The first kappa shape index (κ1) is 12.7. The normalized spacial score (nSPS) is 11.0. The van der Waals surface area contributed by atoms with Crippen molar-refractivity contribution in [2.24, 2.45) is 0 Å². The molecule has 0 bridgehead atoms. The Kier molecular flexibility index (Phi) is 4.65. The van der Waals surface area contributed by atoms with Crippen LogP contribution in [0.25, 0.3) is 0 Å². The first-order chi connectivity index (χ1) is 8.21. The standard InChI is InChI=1S/C12H9FN2O2/c13-7-11(8-15)17-10-3-1-9(2-4-10)12(16)5-6-14/h1-4,11H,5,7H2. The number of benzene rings is 1. The molecule has 0 heterocycles. The fourth-order valence-electron chi connectivity index (χ4n) is 1.15. The van der Waals surface area contributed by atoms with Gasteiger partial charge in [0.05, 0.1) is 12.5 Å². The number of hydrogen-bond acceptors (Lipinski definition) is 4. The summed E-state index contributed by atoms with van der Waals surface area (Å²) >= 11 is 0. The van der Waals surface area contributed by atoms with Gasteiger partial charge in [0.15, 0.2) is 5.78 Å². The number of nitriles is 2. The number of ether oxygens (including phenoxy) is 1. The van der Waals surface area contributed by atoms with E-state index in [0.29, 0.717) is 11.3 Å². The Morgan fingerprint density at radius 3 is 2.47 bits per heavy atom. The third kappa shape index (κ3) is 3.58. The number of carbonyl (C=O) groups excluding carboxylic acids is 1. The Bertz CT molecular complexity index is 471. The van der Waals surface area contributed by atoms with Crippen molar-refractivity contribution in [1.82, 2.24) is 0 Å². The van der Waals surface area contributed by atoms with Crippen LogP contribution in [-0.4, -0.2) is 18.6 Å². The predicted octanol–water partition coefficient (Wildman–Crippen LogP) is 2.02. The van der Waals surface area contributed by atoms with Gasteiger partial charge < -0.3 is 4.74 Å². The van der Waals surface area contributed by atoms with Gasteiger partial charge in [-0.2, -0.15) is 10.5 Å². The zero-order valence-corrected chi connectivity index (χ0v) is 8.89. The van der Waals surface area contributed by atoms with E-state index in [1.54, 1.807) is 12.1 Å². The number of hydrogen-bond donors (Lipinski definition) is 0. The fourth-order valence-corrected chi connectivity index (χ4v) is 1.15. The van der Waals surface area contributed by atoms with E-state index in [4.69, 9.17) is 15.3 Å². The number of rotatable bonds is 5. The molecule has 1 rings (SSSR count). The van der Waals surface area contributed by atoms with Crippen LogP contribution < -0.4 is 4.74 Å². The number of nitrogens with zero attached hydrogens (tertiary/aromatic N) is 2. The molecule has 0 aliphatic carbocycles. The highest BCUT2D eigenvalue weighted by atomic mass is 19.1. The topological polar surface area (TPSA) is 73.9 Å². The van der Waals surface area contributed by atoms with Crippen molar-refractivity contribution in [2.75, 3.05) is 6.67 Å². The summed E-state index contributed by atoms with van der Waals surface area (Å²) < 4.78 is 17.2. The molecule has 1 unspecified atom stereocenters. The third-order valence-corrected chi connectivity index (χ3v) is 1.98. The summed E-state index contributed by atoms with van der Waals surface area (Å²) in [5, 5.41) is 16.9. The first-order valence-electron chi connectivity index (χ1n) is 4.83. The van der Waals surface area contributed by atoms with Gasteiger partial charge in [0.1, 0.15) is 18.5 Å². The number of ketones is 1. The minimum Gasteiger partial charge on any atom is -0.473 e. The summed E-state index contributed by atoms with van der Waals surface area (Å²) in [4.78, 5) is 11.3. The Morgan fingerprint density at radius 2 is 2.00 bits per heavy atom. The summed E-state index contributed by atoms with van der Waals surface area (Å²) in [5.41, 5.74) is 0.382. The lowest BCUT2D eigenvalue weighted by Gasteiger charge is -2.08. The molecule has 0 spiro atoms. The number of alkyl halides is 1. The van der Waals surface area contributed by atoms with Crippen molar-refractivity contribution in [1.29, 1.82) is 10.5 Å². The second-order valence-corrected chi connectivity index (χ2v) is 3.17. The lowest BCUT2D eigenvalue weighted by Crippen LogP contribution is -2.16. The van der Waals surface area contributed by atoms with Crippen molar-refractivity contribution < 1.29 is 13.9 Å². The monoisotopic (exact) mass is 232 g/mol. The third-order valence-electron chi connectivity index (χ3n) is 1.98. The number of Topliss-reactive ketones (excluding diaryl/α,β-unsaturated/α-hetero) is 1. The predicted molar refractivity (Wildman–Crippen MR) is 57.0 cm³/mol. The molecule has 4 nitrogen and oxygen atoms in total. The van der Waals surface area contributed by atoms with Crippen LogP contribution in [0.15, 0.2) is 24.3 Å². The molecule has 0 aromatic heterocycles. The summed E-state index contributed by atoms with van der Waals surface area (Å²) in [6.07, 6.45) is -1.33. The van der Waals surface area contributed by atoms with Gasteiger partial charge in [-0.15, -0.1) is 0 Å². The molecule has 0 fully saturated rings. The number of carbonyl (C=O) groups is 1. The molecular formula is C12H9FN2O2. The molecule has 0 aliphatic rings. The van der Waals surface area contributed by atoms with E-state index in [9.17, 15) is 9.18 Å². The van der Waals surface area contributed by atoms with Gasteiger partial charge in [-0.05, 0) is 24.3 Å². The maximum atomic E-state index is 12.2. The second-order valence-electron chi connectivity index (χ2n) is 3.17. The molecule has 5 heteroatoms. The maximum absolute atomic E-state index is 12.2. The summed E-state index contributed by atoms with van der Waals surface area (Å²) in [6, 6.07) is 9.28. The van der Waals surface area contributed by atoms with Gasteiger partial charge in [0.2, 0.25) is 6.10 Å². The molecule has 86 valence electrons. The van der Waals surface area contributed by atoms with Gasteiger partial charge >= 0.3 is 0 Å². The van der Waals surface area contributed by atoms with Crippen molar-refractivity contribution in [3.8, 4) is 17.9 Å². The second kappa shape index (κ2) is 6.24. The minimum atomic E-state index is -1.14.